The largest absolute Gasteiger partial charge is 0.377 e. The van der Waals surface area contributed by atoms with Gasteiger partial charge in [0.15, 0.2) is 0 Å². The molecule has 0 aromatic heterocycles. The SMILES string of the molecule is NCc1cccc(NC[C]=O)c1. The van der Waals surface area contributed by atoms with E-state index in [-0.39, 0.29) is 6.54 Å². The Kier molecular flexibility index (Phi) is 3.29. The summed E-state index contributed by atoms with van der Waals surface area (Å²) in [4.78, 5) is 9.92. The van der Waals surface area contributed by atoms with Crippen LogP contribution in [0.15, 0.2) is 24.3 Å². The maximum atomic E-state index is 9.92. The minimum Gasteiger partial charge on any atom is -0.377 e. The van der Waals surface area contributed by atoms with Crippen LogP contribution in [0.5, 0.6) is 0 Å². The average Bonchev–Trinajstić information content (AvgIpc) is 2.15. The molecule has 0 spiro atoms. The van der Waals surface area contributed by atoms with E-state index >= 15 is 0 Å². The molecule has 0 aliphatic carbocycles. The van der Waals surface area contributed by atoms with E-state index in [0.717, 1.165) is 11.3 Å². The molecule has 0 unspecified atom stereocenters. The summed E-state index contributed by atoms with van der Waals surface area (Å²) >= 11 is 0. The second kappa shape index (κ2) is 4.51. The Bertz CT molecular complexity index is 260. The number of rotatable bonds is 4. The summed E-state index contributed by atoms with van der Waals surface area (Å²) in [5, 5.41) is 2.89. The first-order valence-electron chi connectivity index (χ1n) is 3.74. The molecule has 0 atom stereocenters. The van der Waals surface area contributed by atoms with Crippen LogP contribution in [-0.4, -0.2) is 12.8 Å². The zero-order valence-electron chi connectivity index (χ0n) is 6.71. The van der Waals surface area contributed by atoms with Crippen molar-refractivity contribution in [2.24, 2.45) is 5.73 Å². The van der Waals surface area contributed by atoms with Gasteiger partial charge in [-0.1, -0.05) is 12.1 Å². The normalized spacial score (nSPS) is 9.42. The van der Waals surface area contributed by atoms with Gasteiger partial charge < -0.3 is 11.1 Å². The Balaban J connectivity index is 2.65. The molecule has 0 heterocycles. The van der Waals surface area contributed by atoms with Crippen LogP contribution in [0, 0.1) is 0 Å². The van der Waals surface area contributed by atoms with E-state index in [4.69, 9.17) is 5.73 Å². The molecule has 0 fully saturated rings. The van der Waals surface area contributed by atoms with E-state index in [2.05, 4.69) is 5.32 Å². The zero-order valence-corrected chi connectivity index (χ0v) is 6.71. The van der Waals surface area contributed by atoms with Gasteiger partial charge in [-0.2, -0.15) is 0 Å². The topological polar surface area (TPSA) is 55.1 Å². The molecule has 3 N–H and O–H groups in total. The molecule has 1 aromatic rings. The summed E-state index contributed by atoms with van der Waals surface area (Å²) in [5.41, 5.74) is 7.39. The van der Waals surface area contributed by atoms with Crippen molar-refractivity contribution in [2.45, 2.75) is 6.54 Å². The fourth-order valence-electron chi connectivity index (χ4n) is 0.946. The fraction of sp³-hybridized carbons (Fsp3) is 0.222. The molecular weight excluding hydrogens is 152 g/mol. The van der Waals surface area contributed by atoms with Crippen molar-refractivity contribution in [1.29, 1.82) is 0 Å². The molecule has 3 nitrogen and oxygen atoms in total. The summed E-state index contributed by atoms with van der Waals surface area (Å²) in [5.74, 6) is 0. The minimum absolute atomic E-state index is 0.216. The van der Waals surface area contributed by atoms with Crippen LogP contribution in [0.1, 0.15) is 5.56 Å². The minimum atomic E-state index is 0.216. The lowest BCUT2D eigenvalue weighted by atomic mass is 10.2. The average molecular weight is 163 g/mol. The Labute approximate surface area is 71.6 Å². The molecule has 0 aliphatic rings. The summed E-state index contributed by atoms with van der Waals surface area (Å²) < 4.78 is 0. The smallest absolute Gasteiger partial charge is 0.219 e. The number of anilines is 1. The van der Waals surface area contributed by atoms with E-state index in [1.807, 2.05) is 24.3 Å². The third-order valence-corrected chi connectivity index (χ3v) is 1.53. The van der Waals surface area contributed by atoms with Gasteiger partial charge in [0.2, 0.25) is 6.29 Å². The Morgan fingerprint density at radius 2 is 2.33 bits per heavy atom. The van der Waals surface area contributed by atoms with Crippen LogP contribution in [0.25, 0.3) is 0 Å². The third-order valence-electron chi connectivity index (χ3n) is 1.53. The lowest BCUT2D eigenvalue weighted by Crippen LogP contribution is -2.03. The highest BCUT2D eigenvalue weighted by atomic mass is 16.1. The maximum Gasteiger partial charge on any atom is 0.219 e. The standard InChI is InChI=1S/C9H11N2O/c10-7-8-2-1-3-9(6-8)11-4-5-12/h1-3,6,11H,4,7,10H2. The highest BCUT2D eigenvalue weighted by molar-refractivity contribution is 5.60. The summed E-state index contributed by atoms with van der Waals surface area (Å²) in [6, 6.07) is 7.64. The van der Waals surface area contributed by atoms with Crippen LogP contribution in [0.3, 0.4) is 0 Å². The molecule has 1 aromatic carbocycles. The van der Waals surface area contributed by atoms with Crippen LogP contribution in [0.4, 0.5) is 5.69 Å². The fourth-order valence-corrected chi connectivity index (χ4v) is 0.946. The number of carbonyl (C=O) groups excluding carboxylic acids is 1. The molecular formula is C9H11N2O. The predicted molar refractivity (Wildman–Crippen MR) is 48.5 cm³/mol. The number of nitrogens with one attached hydrogen (secondary N) is 1. The van der Waals surface area contributed by atoms with Crippen molar-refractivity contribution < 1.29 is 4.79 Å². The molecule has 0 saturated heterocycles. The number of hydrogen-bond donors (Lipinski definition) is 2. The van der Waals surface area contributed by atoms with Gasteiger partial charge in [-0.25, -0.2) is 0 Å². The van der Waals surface area contributed by atoms with Crippen LogP contribution in [0.2, 0.25) is 0 Å². The van der Waals surface area contributed by atoms with Crippen molar-refractivity contribution in [3.63, 3.8) is 0 Å². The second-order valence-corrected chi connectivity index (χ2v) is 2.40. The molecule has 3 heteroatoms. The Morgan fingerprint density at radius 1 is 1.50 bits per heavy atom. The van der Waals surface area contributed by atoms with Crippen molar-refractivity contribution in [3.8, 4) is 0 Å². The van der Waals surface area contributed by atoms with Crippen LogP contribution < -0.4 is 11.1 Å². The maximum absolute atomic E-state index is 9.92. The van der Waals surface area contributed by atoms with Gasteiger partial charge in [-0.05, 0) is 17.7 Å². The molecule has 0 aliphatic heterocycles. The second-order valence-electron chi connectivity index (χ2n) is 2.40. The first-order valence-corrected chi connectivity index (χ1v) is 3.74. The Morgan fingerprint density at radius 3 is 3.00 bits per heavy atom. The first-order chi connectivity index (χ1) is 5.86. The van der Waals surface area contributed by atoms with Crippen molar-refractivity contribution in [3.05, 3.63) is 29.8 Å². The molecule has 1 radical (unpaired) electrons. The van der Waals surface area contributed by atoms with Crippen molar-refractivity contribution >= 4 is 12.0 Å². The van der Waals surface area contributed by atoms with E-state index in [1.54, 1.807) is 6.29 Å². The van der Waals surface area contributed by atoms with E-state index in [1.165, 1.54) is 0 Å². The van der Waals surface area contributed by atoms with E-state index in [0.29, 0.717) is 6.54 Å². The van der Waals surface area contributed by atoms with Gasteiger partial charge in [0.1, 0.15) is 0 Å². The van der Waals surface area contributed by atoms with E-state index in [9.17, 15) is 4.79 Å². The van der Waals surface area contributed by atoms with Gasteiger partial charge in [-0.3, -0.25) is 4.79 Å². The first kappa shape index (κ1) is 8.74. The lowest BCUT2D eigenvalue weighted by molar-refractivity contribution is 0.557. The highest BCUT2D eigenvalue weighted by Gasteiger charge is 1.92. The summed E-state index contributed by atoms with van der Waals surface area (Å²) in [6.45, 7) is 0.731. The molecule has 63 valence electrons. The number of hydrogen-bond acceptors (Lipinski definition) is 3. The van der Waals surface area contributed by atoms with E-state index < -0.39 is 0 Å². The van der Waals surface area contributed by atoms with Gasteiger partial charge in [-0.15, -0.1) is 0 Å². The van der Waals surface area contributed by atoms with Gasteiger partial charge in [0.05, 0.1) is 6.54 Å². The van der Waals surface area contributed by atoms with Crippen molar-refractivity contribution in [2.75, 3.05) is 11.9 Å². The zero-order chi connectivity index (χ0) is 8.81. The number of benzene rings is 1. The Hall–Kier alpha value is -1.35. The van der Waals surface area contributed by atoms with Crippen LogP contribution in [-0.2, 0) is 11.3 Å². The lowest BCUT2D eigenvalue weighted by Gasteiger charge is -2.03. The predicted octanol–water partition coefficient (Wildman–Crippen LogP) is 0.667. The molecule has 0 amide bonds. The molecule has 0 bridgehead atoms. The molecule has 0 saturated carbocycles. The summed E-state index contributed by atoms with van der Waals surface area (Å²) in [6.07, 6.45) is 1.76. The number of nitrogens with two attached hydrogens (primary N) is 1. The van der Waals surface area contributed by atoms with Gasteiger partial charge in [0, 0.05) is 12.2 Å². The van der Waals surface area contributed by atoms with Crippen molar-refractivity contribution in [1.82, 2.24) is 0 Å². The van der Waals surface area contributed by atoms with Gasteiger partial charge >= 0.3 is 0 Å². The molecule has 1 rings (SSSR count). The highest BCUT2D eigenvalue weighted by Crippen LogP contribution is 2.08. The summed E-state index contributed by atoms with van der Waals surface area (Å²) in [7, 11) is 0. The van der Waals surface area contributed by atoms with Crippen LogP contribution >= 0.6 is 0 Å². The quantitative estimate of drug-likeness (QED) is 0.685. The molecule has 12 heavy (non-hydrogen) atoms. The third kappa shape index (κ3) is 2.36. The van der Waals surface area contributed by atoms with Gasteiger partial charge in [0.25, 0.3) is 0 Å². The monoisotopic (exact) mass is 163 g/mol.